The molecule has 0 spiro atoms. The lowest BCUT2D eigenvalue weighted by Crippen LogP contribution is -2.32. The lowest BCUT2D eigenvalue weighted by Gasteiger charge is -2.26. The van der Waals surface area contributed by atoms with Gasteiger partial charge in [-0.1, -0.05) is 24.3 Å². The number of ether oxygens (including phenoxy) is 1. The summed E-state index contributed by atoms with van der Waals surface area (Å²) in [6, 6.07) is 20.0. The Morgan fingerprint density at radius 2 is 1.82 bits per heavy atom. The summed E-state index contributed by atoms with van der Waals surface area (Å²) < 4.78 is 5.02. The van der Waals surface area contributed by atoms with Crippen molar-refractivity contribution in [2.75, 3.05) is 16.8 Å². The molecule has 0 unspecified atom stereocenters. The van der Waals surface area contributed by atoms with Crippen molar-refractivity contribution < 1.29 is 14.3 Å². The number of rotatable bonds is 5. The summed E-state index contributed by atoms with van der Waals surface area (Å²) in [6.07, 6.45) is 1.27. The van der Waals surface area contributed by atoms with Gasteiger partial charge in [0.15, 0.2) is 0 Å². The van der Waals surface area contributed by atoms with E-state index in [0.717, 1.165) is 11.3 Å². The third kappa shape index (κ3) is 3.20. The monoisotopic (exact) mass is 373 g/mol. The van der Waals surface area contributed by atoms with Crippen LogP contribution in [0.15, 0.2) is 72.9 Å². The summed E-state index contributed by atoms with van der Waals surface area (Å²) in [7, 11) is 0. The summed E-state index contributed by atoms with van der Waals surface area (Å²) >= 11 is 0. The molecule has 0 saturated carbocycles. The van der Waals surface area contributed by atoms with E-state index in [9.17, 15) is 9.59 Å². The molecule has 2 heterocycles. The third-order valence-electron chi connectivity index (χ3n) is 4.56. The lowest BCUT2D eigenvalue weighted by atomic mass is 10.1. The van der Waals surface area contributed by atoms with Gasteiger partial charge in [0, 0.05) is 23.0 Å². The highest BCUT2D eigenvalue weighted by molar-refractivity contribution is 6.11. The minimum atomic E-state index is -0.396. The Morgan fingerprint density at radius 3 is 2.54 bits per heavy atom. The smallest absolute Gasteiger partial charge is 0.338 e. The maximum absolute atomic E-state index is 13.0. The molecule has 3 aromatic rings. The van der Waals surface area contributed by atoms with Gasteiger partial charge in [-0.2, -0.15) is 0 Å². The number of nitrogens with zero attached hydrogens (tertiary/aromatic N) is 2. The minimum absolute atomic E-state index is 0.102. The predicted octanol–water partition coefficient (Wildman–Crippen LogP) is 4.03. The van der Waals surface area contributed by atoms with Gasteiger partial charge in [-0.25, -0.2) is 9.78 Å². The van der Waals surface area contributed by atoms with Crippen LogP contribution in [0.3, 0.4) is 0 Å². The van der Waals surface area contributed by atoms with Crippen LogP contribution < -0.4 is 10.2 Å². The molecule has 0 saturated heterocycles. The first-order valence-electron chi connectivity index (χ1n) is 9.06. The minimum Gasteiger partial charge on any atom is -0.462 e. The zero-order valence-corrected chi connectivity index (χ0v) is 15.3. The maximum atomic E-state index is 13.0. The van der Waals surface area contributed by atoms with Crippen molar-refractivity contribution in [3.63, 3.8) is 0 Å². The number of benzene rings is 2. The van der Waals surface area contributed by atoms with Crippen LogP contribution in [0.1, 0.15) is 39.4 Å². The van der Waals surface area contributed by atoms with Crippen molar-refractivity contribution in [3.8, 4) is 0 Å². The zero-order chi connectivity index (χ0) is 19.5. The normalized spacial score (nSPS) is 15.2. The van der Waals surface area contributed by atoms with E-state index in [0.29, 0.717) is 23.6 Å². The molecule has 1 amide bonds. The fourth-order valence-electron chi connectivity index (χ4n) is 3.27. The van der Waals surface area contributed by atoms with Crippen molar-refractivity contribution >= 4 is 23.4 Å². The molecule has 6 heteroatoms. The summed E-state index contributed by atoms with van der Waals surface area (Å²) in [5.74, 6) is 0.116. The highest BCUT2D eigenvalue weighted by atomic mass is 16.5. The van der Waals surface area contributed by atoms with Crippen molar-refractivity contribution in [3.05, 3.63) is 89.6 Å². The molecule has 0 radical (unpaired) electrons. The number of fused-ring (bicyclic) bond motifs is 1. The highest BCUT2D eigenvalue weighted by Crippen LogP contribution is 2.37. The van der Waals surface area contributed by atoms with E-state index < -0.39 is 6.17 Å². The predicted molar refractivity (Wildman–Crippen MR) is 106 cm³/mol. The Labute approximate surface area is 162 Å². The van der Waals surface area contributed by atoms with Crippen LogP contribution in [0.5, 0.6) is 0 Å². The van der Waals surface area contributed by atoms with Gasteiger partial charge in [-0.3, -0.25) is 9.69 Å². The molecule has 0 bridgehead atoms. The molecular weight excluding hydrogens is 354 g/mol. The number of carbonyl (C=O) groups excluding carboxylic acids is 2. The van der Waals surface area contributed by atoms with Crippen LogP contribution in [-0.2, 0) is 4.74 Å². The van der Waals surface area contributed by atoms with Crippen LogP contribution in [0.25, 0.3) is 0 Å². The summed E-state index contributed by atoms with van der Waals surface area (Å²) in [6.45, 7) is 2.10. The molecule has 1 aromatic heterocycles. The summed E-state index contributed by atoms with van der Waals surface area (Å²) in [4.78, 5) is 30.8. The number of hydrogen-bond donors (Lipinski definition) is 1. The second-order valence-corrected chi connectivity index (χ2v) is 6.30. The molecule has 1 N–H and O–H groups in total. The standard InChI is InChI=1S/C22H19N3O3/c1-2-28-22(27)15-10-12-16(13-11-15)24-20-17-7-3-4-8-18(17)21(26)25(20)19-9-5-6-14-23-19/h3-14,20,24H,2H2,1H3/t20-/m0/s1. The average Bonchev–Trinajstić information content (AvgIpc) is 3.01. The van der Waals surface area contributed by atoms with Gasteiger partial charge in [-0.05, 0) is 49.4 Å². The molecule has 140 valence electrons. The van der Waals surface area contributed by atoms with E-state index in [4.69, 9.17) is 4.74 Å². The van der Waals surface area contributed by atoms with Crippen molar-refractivity contribution in [1.82, 2.24) is 4.98 Å². The SMILES string of the molecule is CCOC(=O)c1ccc(N[C@@H]2c3ccccc3C(=O)N2c2ccccn2)cc1. The lowest BCUT2D eigenvalue weighted by molar-refractivity contribution is 0.0526. The number of amides is 1. The van der Waals surface area contributed by atoms with Gasteiger partial charge >= 0.3 is 5.97 Å². The number of aromatic nitrogens is 1. The molecule has 1 atom stereocenters. The van der Waals surface area contributed by atoms with E-state index in [1.165, 1.54) is 0 Å². The first kappa shape index (κ1) is 17.7. The second kappa shape index (κ2) is 7.52. The number of esters is 1. The Hall–Kier alpha value is -3.67. The fourth-order valence-corrected chi connectivity index (χ4v) is 3.27. The van der Waals surface area contributed by atoms with E-state index in [-0.39, 0.29) is 11.9 Å². The van der Waals surface area contributed by atoms with Crippen LogP contribution >= 0.6 is 0 Å². The van der Waals surface area contributed by atoms with Crippen molar-refractivity contribution in [2.24, 2.45) is 0 Å². The van der Waals surface area contributed by atoms with Crippen LogP contribution in [0.2, 0.25) is 0 Å². The summed E-state index contributed by atoms with van der Waals surface area (Å²) in [5, 5.41) is 3.39. The Balaban J connectivity index is 1.66. The molecule has 2 aromatic carbocycles. The Bertz CT molecular complexity index is 1000. The first-order chi connectivity index (χ1) is 13.7. The van der Waals surface area contributed by atoms with E-state index >= 15 is 0 Å². The molecule has 28 heavy (non-hydrogen) atoms. The van der Waals surface area contributed by atoms with Crippen LogP contribution in [-0.4, -0.2) is 23.5 Å². The van der Waals surface area contributed by atoms with E-state index in [1.807, 2.05) is 42.5 Å². The molecule has 0 fully saturated rings. The van der Waals surface area contributed by atoms with Crippen LogP contribution in [0, 0.1) is 0 Å². The number of carbonyl (C=O) groups is 2. The molecule has 4 rings (SSSR count). The van der Waals surface area contributed by atoms with Gasteiger partial charge in [0.2, 0.25) is 0 Å². The van der Waals surface area contributed by atoms with Gasteiger partial charge in [0.1, 0.15) is 12.0 Å². The second-order valence-electron chi connectivity index (χ2n) is 6.30. The highest BCUT2D eigenvalue weighted by Gasteiger charge is 2.38. The molecule has 6 nitrogen and oxygen atoms in total. The third-order valence-corrected chi connectivity index (χ3v) is 4.56. The van der Waals surface area contributed by atoms with E-state index in [2.05, 4.69) is 10.3 Å². The number of nitrogens with one attached hydrogen (secondary N) is 1. The van der Waals surface area contributed by atoms with Crippen LogP contribution in [0.4, 0.5) is 11.5 Å². The Kier molecular flexibility index (Phi) is 4.76. The number of hydrogen-bond acceptors (Lipinski definition) is 5. The Morgan fingerprint density at radius 1 is 1.07 bits per heavy atom. The topological polar surface area (TPSA) is 71.5 Å². The van der Waals surface area contributed by atoms with E-state index in [1.54, 1.807) is 42.3 Å². The van der Waals surface area contributed by atoms with Crippen molar-refractivity contribution in [2.45, 2.75) is 13.1 Å². The molecule has 1 aliphatic heterocycles. The molecule has 0 aliphatic carbocycles. The fraction of sp³-hybridized carbons (Fsp3) is 0.136. The summed E-state index contributed by atoms with van der Waals surface area (Å²) in [5.41, 5.74) is 2.79. The first-order valence-corrected chi connectivity index (χ1v) is 9.06. The zero-order valence-electron chi connectivity index (χ0n) is 15.3. The largest absolute Gasteiger partial charge is 0.462 e. The number of pyridine rings is 1. The average molecular weight is 373 g/mol. The molecular formula is C22H19N3O3. The molecule has 1 aliphatic rings. The quantitative estimate of drug-likeness (QED) is 0.684. The maximum Gasteiger partial charge on any atom is 0.338 e. The van der Waals surface area contributed by atoms with Gasteiger partial charge in [0.05, 0.1) is 12.2 Å². The number of anilines is 2. The van der Waals surface area contributed by atoms with Gasteiger partial charge in [-0.15, -0.1) is 0 Å². The van der Waals surface area contributed by atoms with Gasteiger partial charge < -0.3 is 10.1 Å². The van der Waals surface area contributed by atoms with Crippen molar-refractivity contribution in [1.29, 1.82) is 0 Å². The van der Waals surface area contributed by atoms with Gasteiger partial charge in [0.25, 0.3) is 5.91 Å².